The van der Waals surface area contributed by atoms with Crippen LogP contribution in [0.15, 0.2) is 24.3 Å². The maximum atomic E-state index is 12.7. The Morgan fingerprint density at radius 2 is 2.28 bits per heavy atom. The molecule has 1 aromatic carbocycles. The van der Waals surface area contributed by atoms with Crippen LogP contribution in [-0.2, 0) is 9.47 Å². The van der Waals surface area contributed by atoms with E-state index in [0.717, 1.165) is 17.9 Å². The molecule has 0 aromatic heterocycles. The highest BCUT2D eigenvalue weighted by Crippen LogP contribution is 2.33. The lowest BCUT2D eigenvalue weighted by Gasteiger charge is -2.41. The Balaban J connectivity index is 1.61. The molecule has 0 radical (unpaired) electrons. The van der Waals surface area contributed by atoms with Gasteiger partial charge in [-0.15, -0.1) is 0 Å². The Hall–Kier alpha value is -1.79. The van der Waals surface area contributed by atoms with Gasteiger partial charge in [0.15, 0.2) is 0 Å². The fourth-order valence-corrected chi connectivity index (χ4v) is 3.27. The first-order valence-electron chi connectivity index (χ1n) is 9.03. The zero-order chi connectivity index (χ0) is 17.9. The molecule has 0 aliphatic carbocycles. The largest absolute Gasteiger partial charge is 0.493 e. The lowest BCUT2D eigenvalue weighted by molar-refractivity contribution is -0.124. The van der Waals surface area contributed by atoms with E-state index in [4.69, 9.17) is 14.2 Å². The van der Waals surface area contributed by atoms with Gasteiger partial charge in [-0.25, -0.2) is 4.79 Å². The summed E-state index contributed by atoms with van der Waals surface area (Å²) in [6, 6.07) is 7.41. The van der Waals surface area contributed by atoms with Crippen molar-refractivity contribution >= 4 is 11.7 Å². The van der Waals surface area contributed by atoms with Crippen LogP contribution in [0.4, 0.5) is 10.5 Å². The van der Waals surface area contributed by atoms with Gasteiger partial charge in [0.25, 0.3) is 0 Å². The third kappa shape index (κ3) is 4.25. The molecule has 1 N–H and O–H groups in total. The number of nitrogens with one attached hydrogen (secondary N) is 1. The standard InChI is InChI=1S/C19H28N2O4/c1-14(2)12-24-17-6-4-5-16(11-17)20-18(22)21-8-10-25-19(13-21)7-9-23-15(19)3/h4-6,11,14-15H,7-10,12-13H2,1-3H3,(H,20,22)/t15-,19-/m0/s1. The molecule has 1 spiro atoms. The Morgan fingerprint density at radius 3 is 3.00 bits per heavy atom. The van der Waals surface area contributed by atoms with Gasteiger partial charge in [0, 0.05) is 31.3 Å². The van der Waals surface area contributed by atoms with Crippen LogP contribution in [0.5, 0.6) is 5.75 Å². The number of morpholine rings is 1. The fourth-order valence-electron chi connectivity index (χ4n) is 3.27. The summed E-state index contributed by atoms with van der Waals surface area (Å²) < 4.78 is 17.4. The molecule has 2 heterocycles. The number of rotatable bonds is 4. The first kappa shape index (κ1) is 18.0. The Bertz CT molecular complexity index is 607. The second-order valence-electron chi connectivity index (χ2n) is 7.26. The lowest BCUT2D eigenvalue weighted by Crippen LogP contribution is -2.57. The average Bonchev–Trinajstić information content (AvgIpc) is 2.93. The molecule has 0 bridgehead atoms. The number of ether oxygens (including phenoxy) is 3. The minimum atomic E-state index is -0.363. The van der Waals surface area contributed by atoms with Gasteiger partial charge in [0.1, 0.15) is 11.4 Å². The minimum absolute atomic E-state index is 0.0101. The molecular weight excluding hydrogens is 320 g/mol. The summed E-state index contributed by atoms with van der Waals surface area (Å²) in [6.45, 7) is 9.25. The number of carbonyl (C=O) groups is 1. The molecular formula is C19H28N2O4. The van der Waals surface area contributed by atoms with E-state index in [-0.39, 0.29) is 17.7 Å². The normalized spacial score (nSPS) is 26.2. The van der Waals surface area contributed by atoms with Crippen LogP contribution in [0.25, 0.3) is 0 Å². The zero-order valence-corrected chi connectivity index (χ0v) is 15.3. The number of amides is 2. The van der Waals surface area contributed by atoms with Gasteiger partial charge in [-0.1, -0.05) is 19.9 Å². The SMILES string of the molecule is CC(C)COc1cccc(NC(=O)N2CCO[C@@]3(CCO[C@H]3C)C2)c1. The lowest BCUT2D eigenvalue weighted by atomic mass is 9.94. The van der Waals surface area contributed by atoms with Crippen molar-refractivity contribution in [2.24, 2.45) is 5.92 Å². The average molecular weight is 348 g/mol. The molecule has 6 heteroatoms. The smallest absolute Gasteiger partial charge is 0.322 e. The molecule has 3 rings (SSSR count). The summed E-state index contributed by atoms with van der Waals surface area (Å²) in [5.41, 5.74) is 0.375. The second kappa shape index (κ2) is 7.62. The van der Waals surface area contributed by atoms with E-state index in [2.05, 4.69) is 19.2 Å². The number of hydrogen-bond acceptors (Lipinski definition) is 4. The van der Waals surface area contributed by atoms with Gasteiger partial charge in [-0.2, -0.15) is 0 Å². The minimum Gasteiger partial charge on any atom is -0.493 e. The summed E-state index contributed by atoms with van der Waals surface area (Å²) in [7, 11) is 0. The highest BCUT2D eigenvalue weighted by Gasteiger charge is 2.47. The Kier molecular flexibility index (Phi) is 5.49. The summed E-state index contributed by atoms with van der Waals surface area (Å²) in [5.74, 6) is 1.22. The molecule has 25 heavy (non-hydrogen) atoms. The first-order valence-corrected chi connectivity index (χ1v) is 9.03. The van der Waals surface area contributed by atoms with Crippen molar-refractivity contribution in [1.29, 1.82) is 0 Å². The molecule has 2 fully saturated rings. The van der Waals surface area contributed by atoms with Gasteiger partial charge in [-0.05, 0) is 25.0 Å². The van der Waals surface area contributed by atoms with Crippen molar-refractivity contribution in [3.05, 3.63) is 24.3 Å². The van der Waals surface area contributed by atoms with E-state index in [1.54, 1.807) is 0 Å². The predicted molar refractivity (Wildman–Crippen MR) is 96.1 cm³/mol. The number of anilines is 1. The molecule has 2 aliphatic rings. The molecule has 2 saturated heterocycles. The molecule has 2 atom stereocenters. The van der Waals surface area contributed by atoms with E-state index >= 15 is 0 Å². The van der Waals surface area contributed by atoms with E-state index < -0.39 is 0 Å². The maximum absolute atomic E-state index is 12.7. The zero-order valence-electron chi connectivity index (χ0n) is 15.3. The van der Waals surface area contributed by atoms with Crippen molar-refractivity contribution in [1.82, 2.24) is 4.90 Å². The number of urea groups is 1. The van der Waals surface area contributed by atoms with Crippen LogP contribution in [0.2, 0.25) is 0 Å². The highest BCUT2D eigenvalue weighted by atomic mass is 16.6. The Morgan fingerprint density at radius 1 is 1.44 bits per heavy atom. The quantitative estimate of drug-likeness (QED) is 0.908. The van der Waals surface area contributed by atoms with Crippen LogP contribution >= 0.6 is 0 Å². The van der Waals surface area contributed by atoms with Crippen LogP contribution in [0, 0.1) is 5.92 Å². The van der Waals surface area contributed by atoms with Gasteiger partial charge < -0.3 is 24.4 Å². The molecule has 1 aromatic rings. The molecule has 2 aliphatic heterocycles. The predicted octanol–water partition coefficient (Wildman–Crippen LogP) is 3.13. The van der Waals surface area contributed by atoms with Crippen LogP contribution in [-0.4, -0.2) is 55.5 Å². The summed E-state index contributed by atoms with van der Waals surface area (Å²) in [6.07, 6.45) is 0.840. The summed E-state index contributed by atoms with van der Waals surface area (Å²) in [4.78, 5) is 14.5. The molecule has 2 amide bonds. The summed E-state index contributed by atoms with van der Waals surface area (Å²) >= 11 is 0. The third-order valence-electron chi connectivity index (χ3n) is 4.80. The third-order valence-corrected chi connectivity index (χ3v) is 4.80. The Labute approximate surface area is 149 Å². The van der Waals surface area contributed by atoms with E-state index in [1.165, 1.54) is 0 Å². The number of carbonyl (C=O) groups excluding carboxylic acids is 1. The maximum Gasteiger partial charge on any atom is 0.322 e. The first-order chi connectivity index (χ1) is 12.0. The van der Waals surface area contributed by atoms with E-state index in [1.807, 2.05) is 36.1 Å². The van der Waals surface area contributed by atoms with Crippen molar-refractivity contribution in [2.75, 3.05) is 38.2 Å². The van der Waals surface area contributed by atoms with Gasteiger partial charge in [0.2, 0.25) is 0 Å². The fraction of sp³-hybridized carbons (Fsp3) is 0.632. The molecule has 0 unspecified atom stereocenters. The van der Waals surface area contributed by atoms with Crippen LogP contribution in [0.1, 0.15) is 27.2 Å². The molecule has 6 nitrogen and oxygen atoms in total. The van der Waals surface area contributed by atoms with E-state index in [0.29, 0.717) is 38.8 Å². The number of hydrogen-bond donors (Lipinski definition) is 1. The number of nitrogens with zero attached hydrogens (tertiary/aromatic N) is 1. The molecule has 138 valence electrons. The van der Waals surface area contributed by atoms with Crippen LogP contribution in [0.3, 0.4) is 0 Å². The number of benzene rings is 1. The second-order valence-corrected chi connectivity index (χ2v) is 7.26. The van der Waals surface area contributed by atoms with Crippen molar-refractivity contribution in [2.45, 2.75) is 38.9 Å². The van der Waals surface area contributed by atoms with Gasteiger partial charge in [0.05, 0.1) is 25.9 Å². The monoisotopic (exact) mass is 348 g/mol. The topological polar surface area (TPSA) is 60.0 Å². The van der Waals surface area contributed by atoms with Crippen molar-refractivity contribution < 1.29 is 19.0 Å². The molecule has 0 saturated carbocycles. The van der Waals surface area contributed by atoms with Gasteiger partial charge in [-0.3, -0.25) is 0 Å². The van der Waals surface area contributed by atoms with Crippen molar-refractivity contribution in [3.63, 3.8) is 0 Å². The van der Waals surface area contributed by atoms with Crippen molar-refractivity contribution in [3.8, 4) is 5.75 Å². The van der Waals surface area contributed by atoms with Crippen LogP contribution < -0.4 is 10.1 Å². The highest BCUT2D eigenvalue weighted by molar-refractivity contribution is 5.89. The summed E-state index contributed by atoms with van der Waals surface area (Å²) in [5, 5.41) is 2.97. The van der Waals surface area contributed by atoms with Gasteiger partial charge >= 0.3 is 6.03 Å². The van der Waals surface area contributed by atoms with E-state index in [9.17, 15) is 4.79 Å².